The van der Waals surface area contributed by atoms with Crippen LogP contribution in [0.5, 0.6) is 0 Å². The fourth-order valence-corrected chi connectivity index (χ4v) is 1.76. The van der Waals surface area contributed by atoms with E-state index in [4.69, 9.17) is 0 Å². The second-order valence-corrected chi connectivity index (χ2v) is 4.97. The number of nitrogens with one attached hydrogen (secondary N) is 1. The molecule has 1 N–H and O–H groups in total. The minimum atomic E-state index is -0.220. The van der Waals surface area contributed by atoms with Crippen LogP contribution < -0.4 is 5.32 Å². The van der Waals surface area contributed by atoms with Gasteiger partial charge in [0.2, 0.25) is 0 Å². The lowest BCUT2D eigenvalue weighted by Gasteiger charge is -2.04. The number of benzene rings is 1. The van der Waals surface area contributed by atoms with Crippen LogP contribution in [0.25, 0.3) is 6.08 Å². The molecule has 0 spiro atoms. The smallest absolute Gasteiger partial charge is 0.124 e. The van der Waals surface area contributed by atoms with Gasteiger partial charge in [0.15, 0.2) is 0 Å². The van der Waals surface area contributed by atoms with E-state index in [2.05, 4.69) is 35.1 Å². The highest BCUT2D eigenvalue weighted by Gasteiger charge is 1.97. The van der Waals surface area contributed by atoms with Crippen molar-refractivity contribution in [1.82, 2.24) is 5.32 Å². The van der Waals surface area contributed by atoms with Crippen molar-refractivity contribution in [3.05, 3.63) is 40.1 Å². The molecule has 1 aromatic rings. The van der Waals surface area contributed by atoms with Gasteiger partial charge in [-0.05, 0) is 30.2 Å². The van der Waals surface area contributed by atoms with Crippen molar-refractivity contribution in [1.29, 1.82) is 0 Å². The predicted molar refractivity (Wildman–Crippen MR) is 70.8 cm³/mol. The Morgan fingerprint density at radius 3 is 2.81 bits per heavy atom. The number of halogens is 2. The van der Waals surface area contributed by atoms with Crippen LogP contribution in [-0.2, 0) is 0 Å². The first-order valence-corrected chi connectivity index (χ1v) is 6.21. The Balaban J connectivity index is 2.44. The molecule has 0 radical (unpaired) electrons. The van der Waals surface area contributed by atoms with Gasteiger partial charge in [-0.25, -0.2) is 4.39 Å². The van der Waals surface area contributed by atoms with Crippen LogP contribution in [0.4, 0.5) is 4.39 Å². The van der Waals surface area contributed by atoms with Crippen molar-refractivity contribution in [3.63, 3.8) is 0 Å². The zero-order valence-corrected chi connectivity index (χ0v) is 11.2. The molecular formula is C13H17BrFN. The summed E-state index contributed by atoms with van der Waals surface area (Å²) in [5.41, 5.74) is 0.993. The van der Waals surface area contributed by atoms with E-state index in [1.54, 1.807) is 6.07 Å². The fourth-order valence-electron chi connectivity index (χ4n) is 1.28. The quantitative estimate of drug-likeness (QED) is 0.811. The maximum atomic E-state index is 12.8. The number of hydrogen-bond acceptors (Lipinski definition) is 1. The van der Waals surface area contributed by atoms with Gasteiger partial charge in [0, 0.05) is 11.0 Å². The lowest BCUT2D eigenvalue weighted by Crippen LogP contribution is -2.19. The van der Waals surface area contributed by atoms with E-state index in [1.165, 1.54) is 12.1 Å². The molecule has 1 aromatic carbocycles. The van der Waals surface area contributed by atoms with Crippen LogP contribution in [0.3, 0.4) is 0 Å². The summed E-state index contributed by atoms with van der Waals surface area (Å²) in [5, 5.41) is 3.31. The molecule has 0 aliphatic rings. The van der Waals surface area contributed by atoms with Crippen molar-refractivity contribution >= 4 is 22.0 Å². The minimum absolute atomic E-state index is 0.220. The zero-order valence-electron chi connectivity index (χ0n) is 9.63. The highest BCUT2D eigenvalue weighted by atomic mass is 79.9. The molecule has 1 rings (SSSR count). The number of rotatable bonds is 5. The Morgan fingerprint density at radius 1 is 1.44 bits per heavy atom. The maximum absolute atomic E-state index is 12.8. The van der Waals surface area contributed by atoms with Crippen LogP contribution in [0.2, 0.25) is 0 Å². The highest BCUT2D eigenvalue weighted by molar-refractivity contribution is 9.10. The topological polar surface area (TPSA) is 12.0 Å². The van der Waals surface area contributed by atoms with Gasteiger partial charge in [-0.1, -0.05) is 48.0 Å². The Labute approximate surface area is 105 Å². The van der Waals surface area contributed by atoms with Gasteiger partial charge in [-0.3, -0.25) is 0 Å². The van der Waals surface area contributed by atoms with Gasteiger partial charge in [-0.15, -0.1) is 0 Å². The summed E-state index contributed by atoms with van der Waals surface area (Å²) in [6, 6.07) is 4.70. The summed E-state index contributed by atoms with van der Waals surface area (Å²) in [4.78, 5) is 0. The second kappa shape index (κ2) is 6.81. The molecule has 0 bridgehead atoms. The van der Waals surface area contributed by atoms with Gasteiger partial charge < -0.3 is 5.32 Å². The summed E-state index contributed by atoms with van der Waals surface area (Å²) < 4.78 is 13.6. The molecule has 16 heavy (non-hydrogen) atoms. The third kappa shape index (κ3) is 4.90. The van der Waals surface area contributed by atoms with E-state index in [-0.39, 0.29) is 5.82 Å². The first kappa shape index (κ1) is 13.4. The van der Waals surface area contributed by atoms with Gasteiger partial charge >= 0.3 is 0 Å². The van der Waals surface area contributed by atoms with E-state index < -0.39 is 0 Å². The Bertz CT molecular complexity index is 361. The highest BCUT2D eigenvalue weighted by Crippen LogP contribution is 2.18. The largest absolute Gasteiger partial charge is 0.313 e. The molecule has 1 nitrogen and oxygen atoms in total. The van der Waals surface area contributed by atoms with Gasteiger partial charge in [0.25, 0.3) is 0 Å². The van der Waals surface area contributed by atoms with Crippen LogP contribution in [0.15, 0.2) is 28.7 Å². The molecule has 0 heterocycles. The Hall–Kier alpha value is -0.670. The molecule has 0 atom stereocenters. The summed E-state index contributed by atoms with van der Waals surface area (Å²) in [6.07, 6.45) is 4.03. The van der Waals surface area contributed by atoms with Crippen molar-refractivity contribution < 1.29 is 4.39 Å². The van der Waals surface area contributed by atoms with Gasteiger partial charge in [0.05, 0.1) is 0 Å². The fraction of sp³-hybridized carbons (Fsp3) is 0.385. The lowest BCUT2D eigenvalue weighted by atomic mass is 10.2. The summed E-state index contributed by atoms with van der Waals surface area (Å²) in [5.74, 6) is 0.438. The Morgan fingerprint density at radius 2 is 2.19 bits per heavy atom. The van der Waals surface area contributed by atoms with Gasteiger partial charge in [-0.2, -0.15) is 0 Å². The number of hydrogen-bond donors (Lipinski definition) is 1. The molecule has 0 saturated heterocycles. The standard InChI is InChI=1S/C13H17BrFN/c1-10(2)9-16-7-3-4-11-5-6-12(15)8-13(11)14/h3-6,8,10,16H,7,9H2,1-2H3/b4-3+. The molecule has 0 amide bonds. The second-order valence-electron chi connectivity index (χ2n) is 4.12. The maximum Gasteiger partial charge on any atom is 0.124 e. The van der Waals surface area contributed by atoms with Crippen molar-refractivity contribution in [2.75, 3.05) is 13.1 Å². The lowest BCUT2D eigenvalue weighted by molar-refractivity contribution is 0.577. The van der Waals surface area contributed by atoms with E-state index in [0.29, 0.717) is 5.92 Å². The summed E-state index contributed by atoms with van der Waals surface area (Å²) in [6.45, 7) is 6.19. The third-order valence-electron chi connectivity index (χ3n) is 2.07. The molecule has 88 valence electrons. The normalized spacial score (nSPS) is 11.6. The average Bonchev–Trinajstić information content (AvgIpc) is 2.20. The molecule has 0 unspecified atom stereocenters. The summed E-state index contributed by atoms with van der Waals surface area (Å²) in [7, 11) is 0. The minimum Gasteiger partial charge on any atom is -0.313 e. The van der Waals surface area contributed by atoms with E-state index in [0.717, 1.165) is 23.1 Å². The van der Waals surface area contributed by atoms with Gasteiger partial charge in [0.1, 0.15) is 5.82 Å². The third-order valence-corrected chi connectivity index (χ3v) is 2.76. The van der Waals surface area contributed by atoms with Crippen molar-refractivity contribution in [2.24, 2.45) is 5.92 Å². The predicted octanol–water partition coefficient (Wildman–Crippen LogP) is 3.85. The van der Waals surface area contributed by atoms with Crippen molar-refractivity contribution in [3.8, 4) is 0 Å². The van der Waals surface area contributed by atoms with Crippen molar-refractivity contribution in [2.45, 2.75) is 13.8 Å². The summed E-state index contributed by atoms with van der Waals surface area (Å²) >= 11 is 3.33. The monoisotopic (exact) mass is 285 g/mol. The van der Waals surface area contributed by atoms with E-state index in [9.17, 15) is 4.39 Å². The molecule has 0 aliphatic heterocycles. The van der Waals surface area contributed by atoms with E-state index >= 15 is 0 Å². The molecule has 0 aromatic heterocycles. The SMILES string of the molecule is CC(C)CNC/C=C/c1ccc(F)cc1Br. The molecular weight excluding hydrogens is 269 g/mol. The average molecular weight is 286 g/mol. The van der Waals surface area contributed by atoms with Crippen LogP contribution >= 0.6 is 15.9 Å². The van der Waals surface area contributed by atoms with Crippen LogP contribution in [-0.4, -0.2) is 13.1 Å². The van der Waals surface area contributed by atoms with Crippen LogP contribution in [0.1, 0.15) is 19.4 Å². The molecule has 0 saturated carbocycles. The Kier molecular flexibility index (Phi) is 5.71. The molecule has 0 fully saturated rings. The first-order chi connectivity index (χ1) is 7.59. The zero-order chi connectivity index (χ0) is 12.0. The van der Waals surface area contributed by atoms with Crippen LogP contribution in [0, 0.1) is 11.7 Å². The first-order valence-electron chi connectivity index (χ1n) is 5.42. The van der Waals surface area contributed by atoms with E-state index in [1.807, 2.05) is 12.2 Å². The molecule has 0 aliphatic carbocycles. The molecule has 3 heteroatoms.